The molecule has 330 valence electrons. The van der Waals surface area contributed by atoms with Gasteiger partial charge in [0.1, 0.15) is 42.6 Å². The molecule has 2 aliphatic heterocycles. The fourth-order valence-electron chi connectivity index (χ4n) is 7.13. The number of rotatable bonds is 20. The van der Waals surface area contributed by atoms with Crippen molar-refractivity contribution < 1.29 is 66.5 Å². The molecule has 4 aromatic rings. The maximum Gasteiger partial charge on any atom is 0.303 e. The highest BCUT2D eigenvalue weighted by Crippen LogP contribution is 2.39. The van der Waals surface area contributed by atoms with Crippen molar-refractivity contribution in [1.82, 2.24) is 0 Å². The first-order chi connectivity index (χ1) is 30.0. The van der Waals surface area contributed by atoms with Crippen LogP contribution in [0.3, 0.4) is 0 Å². The maximum atomic E-state index is 12.6. The van der Waals surface area contributed by atoms with Crippen LogP contribution >= 0.6 is 11.8 Å². The summed E-state index contributed by atoms with van der Waals surface area (Å²) >= 11 is 1.46. The summed E-state index contributed by atoms with van der Waals surface area (Å²) in [4.78, 5) is 50.0. The second-order valence-electron chi connectivity index (χ2n) is 14.7. The summed E-state index contributed by atoms with van der Waals surface area (Å²) in [5.74, 6) is -2.83. The number of esters is 4. The highest BCUT2D eigenvalue weighted by molar-refractivity contribution is 7.99. The average Bonchev–Trinajstić information content (AvgIpc) is 3.58. The number of ether oxygens (including phenoxy) is 10. The van der Waals surface area contributed by atoms with Crippen molar-refractivity contribution in [3.63, 3.8) is 0 Å². The third-order valence-corrected chi connectivity index (χ3v) is 11.0. The van der Waals surface area contributed by atoms with Gasteiger partial charge in [-0.05, 0) is 28.8 Å². The zero-order valence-corrected chi connectivity index (χ0v) is 35.8. The number of thioether (sulfide) groups is 1. The Morgan fingerprint density at radius 3 is 1.52 bits per heavy atom. The van der Waals surface area contributed by atoms with Crippen LogP contribution in [0.15, 0.2) is 126 Å². The van der Waals surface area contributed by atoms with Crippen LogP contribution < -0.4 is 0 Å². The van der Waals surface area contributed by atoms with Gasteiger partial charge in [-0.25, -0.2) is 0 Å². The molecule has 2 heterocycles. The summed E-state index contributed by atoms with van der Waals surface area (Å²) in [7, 11) is 0. The topological polar surface area (TPSA) is 161 Å². The number of carbonyl (C=O) groups is 4. The fourth-order valence-corrected chi connectivity index (χ4v) is 8.28. The van der Waals surface area contributed by atoms with Crippen molar-refractivity contribution in [1.29, 1.82) is 0 Å². The first-order valence-corrected chi connectivity index (χ1v) is 21.2. The molecule has 0 spiro atoms. The molecule has 6 rings (SSSR count). The van der Waals surface area contributed by atoms with Crippen molar-refractivity contribution >= 4 is 35.6 Å². The Bertz CT molecular complexity index is 2010. The highest BCUT2D eigenvalue weighted by atomic mass is 32.2. The Hall–Kier alpha value is -5.13. The summed E-state index contributed by atoms with van der Waals surface area (Å²) in [6, 6.07) is 39.0. The predicted octanol–water partition coefficient (Wildman–Crippen LogP) is 6.36. The molecule has 0 N–H and O–H groups in total. The summed E-state index contributed by atoms with van der Waals surface area (Å²) in [5.41, 5.74) is 2.13. The van der Waals surface area contributed by atoms with E-state index in [2.05, 4.69) is 0 Å². The Labute approximate surface area is 365 Å². The molecular formula is C47H52O14S. The van der Waals surface area contributed by atoms with Crippen LogP contribution in [0.25, 0.3) is 0 Å². The van der Waals surface area contributed by atoms with Crippen LogP contribution in [0.1, 0.15) is 44.4 Å². The number of hydrogen-bond acceptors (Lipinski definition) is 15. The first-order valence-electron chi connectivity index (χ1n) is 20.3. The predicted molar refractivity (Wildman–Crippen MR) is 224 cm³/mol. The standard InChI is InChI=1S/C47H52O14S/c1-30(48)52-28-39(57-31(2)49)41-43(58-32(3)50)44(59-33(4)51)46(61-41)56-29-38-40(53-25-34-17-9-5-10-18-34)42(54-26-35-19-11-6-12-20-35)45(55-27-36-21-13-7-14-22-36)47(60-38)62-37-23-15-8-16-24-37/h5-24,38-47H,25-29H2,1-4H3/t38-,39-,40-,41+,42+,43+,44-,45+,46-,47-/m1/s1. The molecule has 10 atom stereocenters. The Morgan fingerprint density at radius 1 is 0.532 bits per heavy atom. The van der Waals surface area contributed by atoms with Crippen LogP contribution in [0.5, 0.6) is 0 Å². The van der Waals surface area contributed by atoms with Gasteiger partial charge < -0.3 is 47.4 Å². The summed E-state index contributed by atoms with van der Waals surface area (Å²) in [6.45, 7) is 4.72. The molecule has 2 saturated heterocycles. The minimum Gasteiger partial charge on any atom is -0.462 e. The lowest BCUT2D eigenvalue weighted by molar-refractivity contribution is -0.268. The second-order valence-corrected chi connectivity index (χ2v) is 15.8. The van der Waals surface area contributed by atoms with Gasteiger partial charge >= 0.3 is 23.9 Å². The van der Waals surface area contributed by atoms with Gasteiger partial charge in [0.25, 0.3) is 0 Å². The smallest absolute Gasteiger partial charge is 0.303 e. The van der Waals surface area contributed by atoms with Gasteiger partial charge in [-0.15, -0.1) is 0 Å². The molecule has 0 bridgehead atoms. The van der Waals surface area contributed by atoms with Crippen molar-refractivity contribution in [2.75, 3.05) is 13.2 Å². The van der Waals surface area contributed by atoms with Crippen LogP contribution in [0, 0.1) is 0 Å². The van der Waals surface area contributed by atoms with E-state index in [0.29, 0.717) is 0 Å². The van der Waals surface area contributed by atoms with E-state index in [9.17, 15) is 19.2 Å². The molecule has 0 aliphatic carbocycles. The zero-order chi connectivity index (χ0) is 43.8. The minimum absolute atomic E-state index is 0.186. The van der Waals surface area contributed by atoms with Crippen molar-refractivity contribution in [2.45, 2.75) is 113 Å². The number of hydrogen-bond donors (Lipinski definition) is 0. The molecule has 0 radical (unpaired) electrons. The Morgan fingerprint density at radius 2 is 1.02 bits per heavy atom. The van der Waals surface area contributed by atoms with Crippen molar-refractivity contribution in [3.8, 4) is 0 Å². The molecule has 15 heteroatoms. The van der Waals surface area contributed by atoms with E-state index in [1.807, 2.05) is 121 Å². The van der Waals surface area contributed by atoms with E-state index >= 15 is 0 Å². The molecule has 14 nitrogen and oxygen atoms in total. The van der Waals surface area contributed by atoms with Gasteiger partial charge in [0.15, 0.2) is 24.6 Å². The van der Waals surface area contributed by atoms with E-state index in [4.69, 9.17) is 47.4 Å². The lowest BCUT2D eigenvalue weighted by atomic mass is 9.98. The van der Waals surface area contributed by atoms with Crippen LogP contribution in [0.2, 0.25) is 0 Å². The van der Waals surface area contributed by atoms with Gasteiger partial charge in [0, 0.05) is 32.6 Å². The van der Waals surface area contributed by atoms with Crippen molar-refractivity contribution in [3.05, 3.63) is 138 Å². The lowest BCUT2D eigenvalue weighted by Crippen LogP contribution is -2.60. The monoisotopic (exact) mass is 872 g/mol. The lowest BCUT2D eigenvalue weighted by Gasteiger charge is -2.46. The molecule has 2 aliphatic rings. The van der Waals surface area contributed by atoms with Crippen LogP contribution in [-0.4, -0.2) is 97.6 Å². The highest BCUT2D eigenvalue weighted by Gasteiger charge is 2.55. The van der Waals surface area contributed by atoms with Crippen LogP contribution in [-0.2, 0) is 86.4 Å². The Kier molecular flexibility index (Phi) is 17.5. The molecule has 4 aromatic carbocycles. The average molecular weight is 873 g/mol. The number of carbonyl (C=O) groups excluding carboxylic acids is 4. The first kappa shape index (κ1) is 46.4. The van der Waals surface area contributed by atoms with Gasteiger partial charge in [0.05, 0.1) is 26.4 Å². The summed E-state index contributed by atoms with van der Waals surface area (Å²) in [5, 5.41) is 0. The second kappa shape index (κ2) is 23.4. The zero-order valence-electron chi connectivity index (χ0n) is 35.0. The maximum absolute atomic E-state index is 12.6. The third-order valence-electron chi connectivity index (χ3n) is 9.81. The van der Waals surface area contributed by atoms with Gasteiger partial charge in [-0.3, -0.25) is 19.2 Å². The molecule has 0 aromatic heterocycles. The Balaban J connectivity index is 1.36. The summed E-state index contributed by atoms with van der Waals surface area (Å²) < 4.78 is 62.2. The van der Waals surface area contributed by atoms with E-state index < -0.39 is 91.0 Å². The normalized spacial score (nSPS) is 25.0. The van der Waals surface area contributed by atoms with Crippen LogP contribution in [0.4, 0.5) is 0 Å². The van der Waals surface area contributed by atoms with Gasteiger partial charge in [-0.1, -0.05) is 121 Å². The SMILES string of the molecule is CC(=O)OC[C@@H](OC(C)=O)[C@@H]1O[C@@H](OC[C@H]2O[C@H](Sc3ccccc3)[C@@H](OCc3ccccc3)[C@@H](OCc3ccccc3)[C@@H]2OCc2ccccc2)[C@H](OC(C)=O)[C@H]1OC(C)=O. The molecule has 0 amide bonds. The molecule has 2 fully saturated rings. The third kappa shape index (κ3) is 13.7. The quantitative estimate of drug-likeness (QED) is 0.0713. The largest absolute Gasteiger partial charge is 0.462 e. The molecule has 0 saturated carbocycles. The van der Waals surface area contributed by atoms with E-state index in [0.717, 1.165) is 21.6 Å². The van der Waals surface area contributed by atoms with E-state index in [-0.39, 0.29) is 26.4 Å². The summed E-state index contributed by atoms with van der Waals surface area (Å²) in [6.07, 6.45) is -9.73. The fraction of sp³-hybridized carbons (Fsp3) is 0.404. The number of benzene rings is 4. The van der Waals surface area contributed by atoms with E-state index in [1.165, 1.54) is 39.5 Å². The van der Waals surface area contributed by atoms with Crippen molar-refractivity contribution in [2.24, 2.45) is 0 Å². The molecule has 0 unspecified atom stereocenters. The van der Waals surface area contributed by atoms with Gasteiger partial charge in [0.2, 0.25) is 0 Å². The molecular weight excluding hydrogens is 821 g/mol. The van der Waals surface area contributed by atoms with Gasteiger partial charge in [-0.2, -0.15) is 0 Å². The van der Waals surface area contributed by atoms with E-state index in [1.54, 1.807) is 0 Å². The minimum atomic E-state index is -1.39. The molecule has 62 heavy (non-hydrogen) atoms.